The van der Waals surface area contributed by atoms with Gasteiger partial charge in [-0.1, -0.05) is 11.6 Å². The van der Waals surface area contributed by atoms with Crippen LogP contribution in [0.4, 0.5) is 18.9 Å². The number of halogens is 4. The highest BCUT2D eigenvalue weighted by Crippen LogP contribution is 2.35. The first-order valence-electron chi connectivity index (χ1n) is 5.58. The molecule has 0 aliphatic rings. The van der Waals surface area contributed by atoms with Gasteiger partial charge in [-0.15, -0.1) is 0 Å². The molecule has 2 rings (SSSR count). The van der Waals surface area contributed by atoms with E-state index in [2.05, 4.69) is 5.32 Å². The summed E-state index contributed by atoms with van der Waals surface area (Å²) < 4.78 is 40.8. The van der Waals surface area contributed by atoms with E-state index < -0.39 is 12.2 Å². The van der Waals surface area contributed by atoms with Gasteiger partial charge in [0.1, 0.15) is 0 Å². The third-order valence-electron chi connectivity index (χ3n) is 2.76. The Bertz CT molecular complexity index is 546. The maximum absolute atomic E-state index is 13.1. The smallest absolute Gasteiger partial charge is 0.369 e. The summed E-state index contributed by atoms with van der Waals surface area (Å²) in [5, 5.41) is 2.96. The van der Waals surface area contributed by atoms with E-state index in [1.807, 2.05) is 0 Å². The Morgan fingerprint density at radius 1 is 1.16 bits per heavy atom. The molecule has 1 atom stereocenters. The predicted molar refractivity (Wildman–Crippen MR) is 69.3 cm³/mol. The monoisotopic (exact) mass is 288 g/mol. The molecule has 0 saturated carbocycles. The highest BCUT2D eigenvalue weighted by atomic mass is 35.5. The lowest BCUT2D eigenvalue weighted by Gasteiger charge is -2.23. The van der Waals surface area contributed by atoms with E-state index in [1.165, 1.54) is 22.8 Å². The molecule has 0 bridgehead atoms. The summed E-state index contributed by atoms with van der Waals surface area (Å²) in [6, 6.07) is 7.39. The molecular formula is C13H12ClF3N2. The molecule has 0 radical (unpaired) electrons. The van der Waals surface area contributed by atoms with Crippen molar-refractivity contribution < 1.29 is 13.2 Å². The average Bonchev–Trinajstić information content (AvgIpc) is 2.73. The highest BCUT2D eigenvalue weighted by Gasteiger charge is 2.42. The molecule has 1 N–H and O–H groups in total. The molecular weight excluding hydrogens is 277 g/mol. The number of aromatic nitrogens is 1. The van der Waals surface area contributed by atoms with Gasteiger partial charge in [-0.2, -0.15) is 13.2 Å². The van der Waals surface area contributed by atoms with E-state index in [0.717, 1.165) is 0 Å². The summed E-state index contributed by atoms with van der Waals surface area (Å²) in [5.74, 6) is 0. The van der Waals surface area contributed by atoms with Crippen molar-refractivity contribution in [3.05, 3.63) is 53.3 Å². The molecule has 0 spiro atoms. The maximum atomic E-state index is 13.1. The zero-order chi connectivity index (χ0) is 14.0. The van der Waals surface area contributed by atoms with Gasteiger partial charge >= 0.3 is 6.18 Å². The number of anilines is 1. The Balaban J connectivity index is 2.30. The molecule has 19 heavy (non-hydrogen) atoms. The number of nitrogens with one attached hydrogen (secondary N) is 1. The van der Waals surface area contributed by atoms with Crippen LogP contribution in [0.2, 0.25) is 5.02 Å². The molecule has 2 aromatic rings. The third-order valence-corrected chi connectivity index (χ3v) is 3.01. The van der Waals surface area contributed by atoms with Crippen molar-refractivity contribution in [2.45, 2.75) is 12.2 Å². The zero-order valence-electron chi connectivity index (χ0n) is 10.1. The number of aryl methyl sites for hydroxylation is 1. The zero-order valence-corrected chi connectivity index (χ0v) is 10.8. The second-order valence-electron chi connectivity index (χ2n) is 4.17. The Kier molecular flexibility index (Phi) is 3.75. The maximum Gasteiger partial charge on any atom is 0.414 e. The summed E-state index contributed by atoms with van der Waals surface area (Å²) in [5.41, 5.74) is 0.523. The Morgan fingerprint density at radius 2 is 1.79 bits per heavy atom. The van der Waals surface area contributed by atoms with E-state index in [0.29, 0.717) is 10.7 Å². The highest BCUT2D eigenvalue weighted by molar-refractivity contribution is 6.30. The van der Waals surface area contributed by atoms with Crippen molar-refractivity contribution in [1.29, 1.82) is 0 Å². The van der Waals surface area contributed by atoms with Crippen LogP contribution in [-0.4, -0.2) is 10.7 Å². The topological polar surface area (TPSA) is 17.0 Å². The van der Waals surface area contributed by atoms with Gasteiger partial charge in [0, 0.05) is 29.6 Å². The van der Waals surface area contributed by atoms with Crippen LogP contribution in [0.25, 0.3) is 0 Å². The minimum Gasteiger partial charge on any atom is -0.369 e. The molecule has 1 unspecified atom stereocenters. The Hall–Kier alpha value is -1.62. The van der Waals surface area contributed by atoms with Gasteiger partial charge in [-0.05, 0) is 36.4 Å². The molecule has 1 heterocycles. The number of rotatable bonds is 3. The second kappa shape index (κ2) is 5.17. The molecule has 0 fully saturated rings. The molecule has 1 aromatic heterocycles. The van der Waals surface area contributed by atoms with Gasteiger partial charge in [0.05, 0.1) is 0 Å². The summed E-state index contributed by atoms with van der Waals surface area (Å²) in [6.07, 6.45) is -2.80. The number of benzene rings is 1. The lowest BCUT2D eigenvalue weighted by Crippen LogP contribution is -2.29. The van der Waals surface area contributed by atoms with Crippen molar-refractivity contribution in [3.8, 4) is 0 Å². The molecule has 0 aliphatic heterocycles. The molecule has 0 amide bonds. The number of hydrogen-bond acceptors (Lipinski definition) is 1. The van der Waals surface area contributed by atoms with Crippen LogP contribution in [0.5, 0.6) is 0 Å². The van der Waals surface area contributed by atoms with E-state index in [1.54, 1.807) is 31.4 Å². The van der Waals surface area contributed by atoms with Gasteiger partial charge in [-0.25, -0.2) is 0 Å². The van der Waals surface area contributed by atoms with Crippen LogP contribution in [0.3, 0.4) is 0 Å². The fraction of sp³-hybridized carbons (Fsp3) is 0.231. The molecule has 0 saturated heterocycles. The fourth-order valence-electron chi connectivity index (χ4n) is 1.81. The first kappa shape index (κ1) is 13.8. The van der Waals surface area contributed by atoms with Gasteiger partial charge in [-0.3, -0.25) is 0 Å². The molecule has 102 valence electrons. The summed E-state index contributed by atoms with van der Waals surface area (Å²) in [6.45, 7) is 0. The predicted octanol–water partition coefficient (Wildman–Crippen LogP) is 4.39. The Labute approximate surface area is 113 Å². The molecule has 2 nitrogen and oxygen atoms in total. The lowest BCUT2D eigenvalue weighted by molar-refractivity contribution is -0.145. The van der Waals surface area contributed by atoms with Gasteiger partial charge in [0.25, 0.3) is 0 Å². The van der Waals surface area contributed by atoms with Gasteiger partial charge in [0.15, 0.2) is 6.04 Å². The molecule has 6 heteroatoms. The lowest BCUT2D eigenvalue weighted by atomic mass is 10.2. The fourth-order valence-corrected chi connectivity index (χ4v) is 1.94. The first-order valence-corrected chi connectivity index (χ1v) is 5.96. The first-order chi connectivity index (χ1) is 8.88. The van der Waals surface area contributed by atoms with Crippen molar-refractivity contribution in [3.63, 3.8) is 0 Å². The number of nitrogens with zero attached hydrogens (tertiary/aromatic N) is 1. The van der Waals surface area contributed by atoms with Gasteiger partial charge in [0.2, 0.25) is 0 Å². The summed E-state index contributed by atoms with van der Waals surface area (Å²) in [7, 11) is 1.58. The van der Waals surface area contributed by atoms with E-state index >= 15 is 0 Å². The molecule has 1 aromatic carbocycles. The second-order valence-corrected chi connectivity index (χ2v) is 4.61. The average molecular weight is 289 g/mol. The minimum atomic E-state index is -4.38. The van der Waals surface area contributed by atoms with E-state index in [4.69, 9.17) is 11.6 Å². The summed E-state index contributed by atoms with van der Waals surface area (Å²) in [4.78, 5) is 0. The summed E-state index contributed by atoms with van der Waals surface area (Å²) >= 11 is 5.71. The van der Waals surface area contributed by atoms with Gasteiger partial charge < -0.3 is 9.88 Å². The van der Waals surface area contributed by atoms with Crippen LogP contribution in [0.15, 0.2) is 42.6 Å². The number of hydrogen-bond donors (Lipinski definition) is 1. The minimum absolute atomic E-state index is 0.155. The van der Waals surface area contributed by atoms with E-state index in [9.17, 15) is 13.2 Å². The van der Waals surface area contributed by atoms with Crippen LogP contribution >= 0.6 is 11.6 Å². The molecule has 0 aliphatic carbocycles. The van der Waals surface area contributed by atoms with E-state index in [-0.39, 0.29) is 5.69 Å². The van der Waals surface area contributed by atoms with Crippen LogP contribution in [-0.2, 0) is 7.05 Å². The van der Waals surface area contributed by atoms with Crippen molar-refractivity contribution in [2.24, 2.45) is 7.05 Å². The number of alkyl halides is 3. The van der Waals surface area contributed by atoms with Crippen LogP contribution in [0, 0.1) is 0 Å². The largest absolute Gasteiger partial charge is 0.414 e. The van der Waals surface area contributed by atoms with Crippen molar-refractivity contribution >= 4 is 17.3 Å². The van der Waals surface area contributed by atoms with Crippen molar-refractivity contribution in [1.82, 2.24) is 4.57 Å². The normalized spacial score (nSPS) is 13.3. The quantitative estimate of drug-likeness (QED) is 0.886. The van der Waals surface area contributed by atoms with Crippen molar-refractivity contribution in [2.75, 3.05) is 5.32 Å². The SMILES string of the molecule is Cn1cccc1C(Nc1ccc(Cl)cc1)C(F)(F)F. The van der Waals surface area contributed by atoms with Crippen LogP contribution in [0.1, 0.15) is 11.7 Å². The Morgan fingerprint density at radius 3 is 2.26 bits per heavy atom. The third kappa shape index (κ3) is 3.23. The standard InChI is InChI=1S/C13H12ClF3N2/c1-19-8-2-3-11(19)12(13(15,16)17)18-10-6-4-9(14)5-7-10/h2-8,12,18H,1H3. The van der Waals surface area contributed by atoms with Crippen LogP contribution < -0.4 is 5.32 Å².